The van der Waals surface area contributed by atoms with Gasteiger partial charge in [0.1, 0.15) is 5.82 Å². The van der Waals surface area contributed by atoms with Crippen LogP contribution in [0.2, 0.25) is 0 Å². The zero-order chi connectivity index (χ0) is 29.5. The van der Waals surface area contributed by atoms with Crippen LogP contribution in [0.3, 0.4) is 0 Å². The number of anilines is 2. The second-order valence-electron chi connectivity index (χ2n) is 10.9. The van der Waals surface area contributed by atoms with Crippen molar-refractivity contribution >= 4 is 35.2 Å². The lowest BCUT2D eigenvalue weighted by Crippen LogP contribution is -2.27. The highest BCUT2D eigenvalue weighted by molar-refractivity contribution is 5.74. The van der Waals surface area contributed by atoms with E-state index in [4.69, 9.17) is 9.98 Å². The van der Waals surface area contributed by atoms with E-state index in [1.54, 1.807) is 6.20 Å². The number of aliphatic imine (C=N–C) groups is 1. The summed E-state index contributed by atoms with van der Waals surface area (Å²) < 4.78 is 3.97. The SMILES string of the molecule is C=CNC1/C=N\c2cc(CCCCC(=C)Nc3cn(C)c(C(=C)Nc4cc(C=C)n(C)c4)n3)c(C)cc2CC(=C)C1. The van der Waals surface area contributed by atoms with Crippen molar-refractivity contribution in [3.8, 4) is 0 Å². The number of benzene rings is 1. The summed E-state index contributed by atoms with van der Waals surface area (Å²) in [5, 5.41) is 9.97. The van der Waals surface area contributed by atoms with Crippen LogP contribution in [-0.4, -0.2) is 26.4 Å². The Bertz CT molecular complexity index is 1500. The summed E-state index contributed by atoms with van der Waals surface area (Å²) in [5.41, 5.74) is 9.81. The van der Waals surface area contributed by atoms with Gasteiger partial charge in [0.25, 0.3) is 0 Å². The molecule has 7 heteroatoms. The van der Waals surface area contributed by atoms with Gasteiger partial charge in [0.2, 0.25) is 0 Å². The molecule has 3 aromatic rings. The van der Waals surface area contributed by atoms with Gasteiger partial charge >= 0.3 is 0 Å². The van der Waals surface area contributed by atoms with Gasteiger partial charge in [0, 0.05) is 44.1 Å². The highest BCUT2D eigenvalue weighted by atomic mass is 15.2. The predicted molar refractivity (Wildman–Crippen MR) is 176 cm³/mol. The fraction of sp³-hybridized carbons (Fsp3) is 0.294. The van der Waals surface area contributed by atoms with E-state index >= 15 is 0 Å². The molecule has 0 aliphatic carbocycles. The molecule has 0 radical (unpaired) electrons. The number of nitrogens with one attached hydrogen (secondary N) is 3. The van der Waals surface area contributed by atoms with Gasteiger partial charge in [-0.3, -0.25) is 4.99 Å². The predicted octanol–water partition coefficient (Wildman–Crippen LogP) is 7.44. The monoisotopic (exact) mass is 549 g/mol. The number of aromatic nitrogens is 3. The van der Waals surface area contributed by atoms with Crippen LogP contribution >= 0.6 is 0 Å². The Morgan fingerprint density at radius 1 is 1.07 bits per heavy atom. The maximum absolute atomic E-state index is 4.81. The Hall–Kier alpha value is -4.52. The van der Waals surface area contributed by atoms with Crippen molar-refractivity contribution in [1.82, 2.24) is 19.4 Å². The Balaban J connectivity index is 1.29. The van der Waals surface area contributed by atoms with E-state index in [2.05, 4.69) is 67.9 Å². The van der Waals surface area contributed by atoms with Gasteiger partial charge in [-0.1, -0.05) is 44.5 Å². The average Bonchev–Trinajstić information content (AvgIpc) is 3.46. The van der Waals surface area contributed by atoms with Crippen LogP contribution in [0.5, 0.6) is 0 Å². The topological polar surface area (TPSA) is 71.2 Å². The lowest BCUT2D eigenvalue weighted by atomic mass is 9.93. The van der Waals surface area contributed by atoms with Gasteiger partial charge < -0.3 is 25.1 Å². The average molecular weight is 550 g/mol. The third kappa shape index (κ3) is 7.57. The fourth-order valence-corrected chi connectivity index (χ4v) is 5.25. The molecule has 1 aliphatic rings. The smallest absolute Gasteiger partial charge is 0.158 e. The van der Waals surface area contributed by atoms with E-state index in [1.165, 1.54) is 22.3 Å². The molecule has 0 bridgehead atoms. The van der Waals surface area contributed by atoms with Gasteiger partial charge in [0.05, 0.1) is 23.1 Å². The number of nitrogens with zero attached hydrogens (tertiary/aromatic N) is 4. The first-order chi connectivity index (χ1) is 19.7. The highest BCUT2D eigenvalue weighted by Crippen LogP contribution is 2.30. The Labute approximate surface area is 244 Å². The molecular formula is C34H43N7. The number of hydrogen-bond acceptors (Lipinski definition) is 5. The van der Waals surface area contributed by atoms with Gasteiger partial charge in [-0.15, -0.1) is 0 Å². The van der Waals surface area contributed by atoms with Crippen molar-refractivity contribution in [1.29, 1.82) is 0 Å². The van der Waals surface area contributed by atoms with Crippen molar-refractivity contribution in [3.63, 3.8) is 0 Å². The normalized spacial score (nSPS) is 15.3. The quantitative estimate of drug-likeness (QED) is 0.153. The minimum Gasteiger partial charge on any atom is -0.383 e. The molecular weight excluding hydrogens is 506 g/mol. The molecule has 0 spiro atoms. The van der Waals surface area contributed by atoms with Crippen molar-refractivity contribution in [3.05, 3.63) is 109 Å². The maximum atomic E-state index is 4.81. The summed E-state index contributed by atoms with van der Waals surface area (Å²) in [6.07, 6.45) is 15.2. The molecule has 1 unspecified atom stereocenters. The molecule has 214 valence electrons. The first-order valence-electron chi connectivity index (χ1n) is 14.1. The molecule has 41 heavy (non-hydrogen) atoms. The van der Waals surface area contributed by atoms with E-state index in [9.17, 15) is 0 Å². The third-order valence-corrected chi connectivity index (χ3v) is 7.39. The van der Waals surface area contributed by atoms with Crippen LogP contribution in [0.25, 0.3) is 11.8 Å². The molecule has 0 saturated carbocycles. The Kier molecular flexibility index (Phi) is 9.50. The number of imidazole rings is 1. The van der Waals surface area contributed by atoms with Gasteiger partial charge in [0.15, 0.2) is 5.82 Å². The molecule has 2 aromatic heterocycles. The number of unbranched alkanes of at least 4 members (excludes halogenated alkanes) is 1. The highest BCUT2D eigenvalue weighted by Gasteiger charge is 2.15. The van der Waals surface area contributed by atoms with Crippen LogP contribution in [0.15, 0.2) is 85.9 Å². The van der Waals surface area contributed by atoms with E-state index in [1.807, 2.05) is 54.0 Å². The molecule has 3 N–H and O–H groups in total. The standard InChI is InChI=1S/C34H43N7/c1-9-31-19-30(21-40(31)7)38-26(6)34-39-33(22-41(34)8)37-25(5)13-11-12-14-27-18-32-28(17-24(27)4)15-23(3)16-29(20-36-32)35-10-2/h9-10,17-22,29,35,37-38H,1-3,5-6,11-16H2,4,7-8H3/b36-20-. The lowest BCUT2D eigenvalue weighted by molar-refractivity contribution is 0.721. The molecule has 0 amide bonds. The second-order valence-corrected chi connectivity index (χ2v) is 10.9. The summed E-state index contributed by atoms with van der Waals surface area (Å²) in [6, 6.07) is 6.70. The van der Waals surface area contributed by atoms with Crippen molar-refractivity contribution in [2.24, 2.45) is 19.1 Å². The number of allylic oxidation sites excluding steroid dienone is 1. The molecule has 7 nitrogen and oxygen atoms in total. The number of aryl methyl sites for hydroxylation is 4. The van der Waals surface area contributed by atoms with Crippen molar-refractivity contribution < 1.29 is 0 Å². The Morgan fingerprint density at radius 3 is 2.61 bits per heavy atom. The number of hydrogen-bond donors (Lipinski definition) is 3. The van der Waals surface area contributed by atoms with E-state index in [0.717, 1.165) is 78.6 Å². The van der Waals surface area contributed by atoms with Crippen LogP contribution < -0.4 is 16.0 Å². The largest absolute Gasteiger partial charge is 0.383 e. The molecule has 3 heterocycles. The molecule has 0 saturated heterocycles. The third-order valence-electron chi connectivity index (χ3n) is 7.39. The Morgan fingerprint density at radius 2 is 1.88 bits per heavy atom. The lowest BCUT2D eigenvalue weighted by Gasteiger charge is -2.20. The number of rotatable bonds is 13. The zero-order valence-corrected chi connectivity index (χ0v) is 24.8. The fourth-order valence-electron chi connectivity index (χ4n) is 5.25. The summed E-state index contributed by atoms with van der Waals surface area (Å²) in [6.45, 7) is 22.5. The van der Waals surface area contributed by atoms with Crippen LogP contribution in [0, 0.1) is 6.92 Å². The minimum absolute atomic E-state index is 0.135. The summed E-state index contributed by atoms with van der Waals surface area (Å²) in [4.78, 5) is 9.55. The maximum Gasteiger partial charge on any atom is 0.158 e. The van der Waals surface area contributed by atoms with E-state index in [-0.39, 0.29) is 6.04 Å². The zero-order valence-electron chi connectivity index (χ0n) is 24.8. The van der Waals surface area contributed by atoms with Crippen LogP contribution in [-0.2, 0) is 26.9 Å². The van der Waals surface area contributed by atoms with Gasteiger partial charge in [-0.05, 0) is 86.5 Å². The molecule has 1 atom stereocenters. The summed E-state index contributed by atoms with van der Waals surface area (Å²) in [5.74, 6) is 1.52. The summed E-state index contributed by atoms with van der Waals surface area (Å²) in [7, 11) is 3.95. The first kappa shape index (κ1) is 29.5. The van der Waals surface area contributed by atoms with E-state index < -0.39 is 0 Å². The number of fused-ring (bicyclic) bond motifs is 1. The molecule has 1 aliphatic heterocycles. The molecule has 4 rings (SSSR count). The van der Waals surface area contributed by atoms with Crippen LogP contribution in [0.1, 0.15) is 53.9 Å². The van der Waals surface area contributed by atoms with Crippen molar-refractivity contribution in [2.75, 3.05) is 10.6 Å². The van der Waals surface area contributed by atoms with Crippen LogP contribution in [0.4, 0.5) is 17.2 Å². The molecule has 0 fully saturated rings. The van der Waals surface area contributed by atoms with Crippen molar-refractivity contribution in [2.45, 2.75) is 51.5 Å². The van der Waals surface area contributed by atoms with E-state index in [0.29, 0.717) is 0 Å². The minimum atomic E-state index is 0.135. The van der Waals surface area contributed by atoms with Gasteiger partial charge in [-0.25, -0.2) is 4.98 Å². The van der Waals surface area contributed by atoms with Gasteiger partial charge in [-0.2, -0.15) is 0 Å². The molecule has 1 aromatic carbocycles. The second kappa shape index (κ2) is 13.2. The summed E-state index contributed by atoms with van der Waals surface area (Å²) >= 11 is 0. The first-order valence-corrected chi connectivity index (χ1v) is 14.1.